The van der Waals surface area contributed by atoms with Crippen molar-refractivity contribution in [1.29, 1.82) is 0 Å². The molecule has 0 bridgehead atoms. The van der Waals surface area contributed by atoms with E-state index in [1.807, 2.05) is 6.92 Å². The second kappa shape index (κ2) is 6.33. The highest BCUT2D eigenvalue weighted by molar-refractivity contribution is 7.89. The maximum atomic E-state index is 12.1. The van der Waals surface area contributed by atoms with Crippen molar-refractivity contribution in [1.82, 2.24) is 9.71 Å². The summed E-state index contributed by atoms with van der Waals surface area (Å²) in [5.74, 6) is -0.204. The Morgan fingerprint density at radius 3 is 2.48 bits per heavy atom. The van der Waals surface area contributed by atoms with Crippen LogP contribution >= 0.6 is 11.3 Å². The number of sulfonamides is 1. The molecule has 112 valence electrons. The number of rotatable bonds is 5. The van der Waals surface area contributed by atoms with E-state index in [9.17, 15) is 13.2 Å². The second-order valence-electron chi connectivity index (χ2n) is 4.38. The van der Waals surface area contributed by atoms with Crippen LogP contribution in [0.25, 0.3) is 0 Å². The maximum absolute atomic E-state index is 12.1. The number of hydrogen-bond acceptors (Lipinski definition) is 5. The number of nitrogens with zero attached hydrogens (tertiary/aromatic N) is 1. The average molecular weight is 325 g/mol. The number of benzene rings is 1. The lowest BCUT2D eigenvalue weighted by Gasteiger charge is -2.07. The first-order valence-corrected chi connectivity index (χ1v) is 8.45. The highest BCUT2D eigenvalue weighted by Gasteiger charge is 2.14. The molecule has 0 unspecified atom stereocenters. The van der Waals surface area contributed by atoms with E-state index in [4.69, 9.17) is 0 Å². The fraction of sp³-hybridized carbons (Fsp3) is 0.231. The van der Waals surface area contributed by atoms with Gasteiger partial charge in [-0.3, -0.25) is 4.79 Å². The summed E-state index contributed by atoms with van der Waals surface area (Å²) in [5.41, 5.74) is 0.555. The van der Waals surface area contributed by atoms with Gasteiger partial charge in [-0.05, 0) is 31.2 Å². The molecule has 0 saturated heterocycles. The molecule has 1 aromatic carbocycles. The Morgan fingerprint density at radius 1 is 1.29 bits per heavy atom. The van der Waals surface area contributed by atoms with Crippen LogP contribution in [0.1, 0.15) is 16.8 Å². The molecule has 0 aliphatic rings. The molecule has 1 amide bonds. The summed E-state index contributed by atoms with van der Waals surface area (Å²) < 4.78 is 26.8. The zero-order valence-corrected chi connectivity index (χ0v) is 13.2. The standard InChI is InChI=1S/C13H15N3O3S2/c1-9(17)16-11-3-5-13(6-4-11)21(18,19)15-8-12-7-14-10(2)20-12/h3-7,15H,8H2,1-2H3,(H,16,17). The van der Waals surface area contributed by atoms with Crippen molar-refractivity contribution in [2.45, 2.75) is 25.3 Å². The first kappa shape index (κ1) is 15.6. The summed E-state index contributed by atoms with van der Waals surface area (Å²) >= 11 is 1.45. The van der Waals surface area contributed by atoms with Gasteiger partial charge in [-0.25, -0.2) is 18.1 Å². The van der Waals surface area contributed by atoms with Crippen molar-refractivity contribution in [3.63, 3.8) is 0 Å². The summed E-state index contributed by atoms with van der Waals surface area (Å²) in [5, 5.41) is 3.48. The van der Waals surface area contributed by atoms with Crippen molar-refractivity contribution >= 4 is 33.0 Å². The molecule has 6 nitrogen and oxygen atoms in total. The molecule has 0 aliphatic heterocycles. The van der Waals surface area contributed by atoms with E-state index in [0.717, 1.165) is 9.88 Å². The number of carbonyl (C=O) groups is 1. The Balaban J connectivity index is 2.06. The monoisotopic (exact) mass is 325 g/mol. The van der Waals surface area contributed by atoms with E-state index in [1.54, 1.807) is 18.3 Å². The molecule has 0 saturated carbocycles. The number of aromatic nitrogens is 1. The number of anilines is 1. The summed E-state index contributed by atoms with van der Waals surface area (Å²) in [7, 11) is -3.58. The molecule has 1 heterocycles. The van der Waals surface area contributed by atoms with Gasteiger partial charge in [-0.2, -0.15) is 0 Å². The van der Waals surface area contributed by atoms with Crippen LogP contribution in [0.15, 0.2) is 35.4 Å². The van der Waals surface area contributed by atoms with Crippen LogP contribution in [0.5, 0.6) is 0 Å². The third-order valence-corrected chi connectivity index (χ3v) is 4.92. The number of amides is 1. The molecule has 8 heteroatoms. The van der Waals surface area contributed by atoms with Gasteiger partial charge >= 0.3 is 0 Å². The van der Waals surface area contributed by atoms with Crippen LogP contribution < -0.4 is 10.0 Å². The first-order chi connectivity index (χ1) is 9.87. The van der Waals surface area contributed by atoms with E-state index < -0.39 is 10.0 Å². The minimum Gasteiger partial charge on any atom is -0.326 e. The van der Waals surface area contributed by atoms with Gasteiger partial charge < -0.3 is 5.32 Å². The number of hydrogen-bond donors (Lipinski definition) is 2. The van der Waals surface area contributed by atoms with E-state index in [1.165, 1.54) is 30.4 Å². The zero-order valence-electron chi connectivity index (χ0n) is 11.6. The van der Waals surface area contributed by atoms with E-state index in [0.29, 0.717) is 5.69 Å². The topological polar surface area (TPSA) is 88.2 Å². The Bertz CT molecular complexity index is 736. The summed E-state index contributed by atoms with van der Waals surface area (Å²) in [4.78, 5) is 16.0. The molecule has 2 aromatic rings. The summed E-state index contributed by atoms with van der Waals surface area (Å²) in [6.07, 6.45) is 1.66. The molecule has 0 radical (unpaired) electrons. The SMILES string of the molecule is CC(=O)Nc1ccc(S(=O)(=O)NCc2cnc(C)s2)cc1. The van der Waals surface area contributed by atoms with Crippen LogP contribution in [-0.4, -0.2) is 19.3 Å². The van der Waals surface area contributed by atoms with Crippen molar-refractivity contribution in [3.05, 3.63) is 40.3 Å². The molecule has 21 heavy (non-hydrogen) atoms. The maximum Gasteiger partial charge on any atom is 0.240 e. The van der Waals surface area contributed by atoms with Crippen LogP contribution in [0.3, 0.4) is 0 Å². The van der Waals surface area contributed by atoms with E-state index >= 15 is 0 Å². The van der Waals surface area contributed by atoms with Gasteiger partial charge in [0.15, 0.2) is 0 Å². The minimum absolute atomic E-state index is 0.151. The van der Waals surface area contributed by atoms with Gasteiger partial charge in [0.25, 0.3) is 0 Å². The van der Waals surface area contributed by atoms with E-state index in [2.05, 4.69) is 15.0 Å². The third-order valence-electron chi connectivity index (χ3n) is 2.59. The molecule has 0 aliphatic carbocycles. The second-order valence-corrected chi connectivity index (χ2v) is 7.46. The van der Waals surface area contributed by atoms with Crippen molar-refractivity contribution < 1.29 is 13.2 Å². The van der Waals surface area contributed by atoms with E-state index in [-0.39, 0.29) is 17.3 Å². The number of thiazole rings is 1. The number of nitrogens with one attached hydrogen (secondary N) is 2. The molecule has 2 rings (SSSR count). The minimum atomic E-state index is -3.58. The molecule has 1 aromatic heterocycles. The van der Waals surface area contributed by atoms with Crippen LogP contribution in [0.4, 0.5) is 5.69 Å². The number of carbonyl (C=O) groups excluding carboxylic acids is 1. The van der Waals surface area contributed by atoms with Gasteiger partial charge in [0.2, 0.25) is 15.9 Å². The van der Waals surface area contributed by atoms with Crippen molar-refractivity contribution in [2.24, 2.45) is 0 Å². The van der Waals surface area contributed by atoms with Crippen LogP contribution in [0.2, 0.25) is 0 Å². The molecule has 0 atom stereocenters. The van der Waals surface area contributed by atoms with Gasteiger partial charge in [-0.15, -0.1) is 11.3 Å². The Hall–Kier alpha value is -1.77. The molecule has 2 N–H and O–H groups in total. The largest absolute Gasteiger partial charge is 0.326 e. The van der Waals surface area contributed by atoms with Crippen molar-refractivity contribution in [2.75, 3.05) is 5.32 Å². The van der Waals surface area contributed by atoms with Gasteiger partial charge in [-0.1, -0.05) is 0 Å². The quantitative estimate of drug-likeness (QED) is 0.878. The first-order valence-electron chi connectivity index (χ1n) is 6.15. The molecule has 0 fully saturated rings. The Labute approximate surface area is 127 Å². The molecular formula is C13H15N3O3S2. The lowest BCUT2D eigenvalue weighted by Crippen LogP contribution is -2.22. The van der Waals surface area contributed by atoms with Crippen LogP contribution in [0, 0.1) is 6.92 Å². The lowest BCUT2D eigenvalue weighted by molar-refractivity contribution is -0.114. The molecule has 0 spiro atoms. The summed E-state index contributed by atoms with van der Waals surface area (Å²) in [6.45, 7) is 3.47. The van der Waals surface area contributed by atoms with Gasteiger partial charge in [0.1, 0.15) is 0 Å². The normalized spacial score (nSPS) is 11.3. The number of aryl methyl sites for hydroxylation is 1. The summed E-state index contributed by atoms with van der Waals surface area (Å²) in [6, 6.07) is 6.00. The van der Waals surface area contributed by atoms with Crippen LogP contribution in [-0.2, 0) is 21.4 Å². The van der Waals surface area contributed by atoms with Gasteiger partial charge in [0.05, 0.1) is 9.90 Å². The smallest absolute Gasteiger partial charge is 0.240 e. The molecular weight excluding hydrogens is 310 g/mol. The Kier molecular flexibility index (Phi) is 4.71. The van der Waals surface area contributed by atoms with Crippen molar-refractivity contribution in [3.8, 4) is 0 Å². The average Bonchev–Trinajstić information content (AvgIpc) is 2.82. The fourth-order valence-corrected chi connectivity index (χ4v) is 3.49. The van der Waals surface area contributed by atoms with Gasteiger partial charge in [0, 0.05) is 30.2 Å². The zero-order chi connectivity index (χ0) is 15.5. The highest BCUT2D eigenvalue weighted by Crippen LogP contribution is 2.16. The lowest BCUT2D eigenvalue weighted by atomic mass is 10.3. The predicted octanol–water partition coefficient (Wildman–Crippen LogP) is 1.89. The third kappa shape index (κ3) is 4.35. The predicted molar refractivity (Wildman–Crippen MR) is 81.6 cm³/mol. The fourth-order valence-electron chi connectivity index (χ4n) is 1.66. The Morgan fingerprint density at radius 2 is 1.95 bits per heavy atom. The highest BCUT2D eigenvalue weighted by atomic mass is 32.2.